The van der Waals surface area contributed by atoms with Gasteiger partial charge in [0.25, 0.3) is 0 Å². The molecule has 0 radical (unpaired) electrons. The summed E-state index contributed by atoms with van der Waals surface area (Å²) in [7, 11) is 1.13. The van der Waals surface area contributed by atoms with Crippen LogP contribution in [-0.2, 0) is 0 Å². The van der Waals surface area contributed by atoms with Gasteiger partial charge in [-0.3, -0.25) is 0 Å². The van der Waals surface area contributed by atoms with Gasteiger partial charge < -0.3 is 0 Å². The zero-order chi connectivity index (χ0) is 14.6. The van der Waals surface area contributed by atoms with Gasteiger partial charge in [-0.15, -0.1) is 8.58 Å². The number of hydrogen-bond acceptors (Lipinski definition) is 0. The van der Waals surface area contributed by atoms with Crippen LogP contribution in [0.15, 0.2) is 23.3 Å². The fourth-order valence-electron chi connectivity index (χ4n) is 6.21. The van der Waals surface area contributed by atoms with Crippen LogP contribution < -0.4 is 0 Å². The van der Waals surface area contributed by atoms with Gasteiger partial charge in [0.2, 0.25) is 0 Å². The van der Waals surface area contributed by atoms with E-state index in [1.165, 1.54) is 44.9 Å². The highest BCUT2D eigenvalue weighted by atomic mass is 31.1. The zero-order valence-electron chi connectivity index (χ0n) is 14.0. The summed E-state index contributed by atoms with van der Waals surface area (Å²) < 4.78 is 0. The summed E-state index contributed by atoms with van der Waals surface area (Å²) in [6, 6.07) is 0. The van der Waals surface area contributed by atoms with Gasteiger partial charge in [-0.25, -0.2) is 0 Å². The van der Waals surface area contributed by atoms with Crippen molar-refractivity contribution >= 4 is 8.58 Å². The molecule has 0 aliphatic heterocycles. The van der Waals surface area contributed by atoms with E-state index >= 15 is 0 Å². The second-order valence-corrected chi connectivity index (χ2v) is 9.85. The summed E-state index contributed by atoms with van der Waals surface area (Å²) in [6.07, 6.45) is 15.5. The Morgan fingerprint density at radius 3 is 2.76 bits per heavy atom. The molecule has 3 saturated carbocycles. The monoisotopic (exact) mass is 302 g/mol. The molecule has 0 nitrogen and oxygen atoms in total. The molecule has 4 aliphatic carbocycles. The molecule has 7 unspecified atom stereocenters. The third-order valence-corrected chi connectivity index (χ3v) is 8.98. The van der Waals surface area contributed by atoms with Crippen LogP contribution in [0.2, 0.25) is 0 Å². The molecular formula is C20H31P. The Bertz CT molecular complexity index is 488. The fourth-order valence-corrected chi connectivity index (χ4v) is 7.07. The minimum Gasteiger partial charge on any atom is -0.122 e. The standard InChI is InChI=1S/C20H31P/c1-13-4-6-17-16(13)8-9-19-18(17)7-5-14-12-15(21-3)10-11-20(14,19)2/h5,7,13,15-17,19,21H,4,6,8-12H2,1-3H3. The topological polar surface area (TPSA) is 0 Å². The van der Waals surface area contributed by atoms with E-state index in [0.717, 1.165) is 37.9 Å². The van der Waals surface area contributed by atoms with Gasteiger partial charge in [-0.2, -0.15) is 0 Å². The van der Waals surface area contributed by atoms with Gasteiger partial charge in [0.1, 0.15) is 0 Å². The second kappa shape index (κ2) is 5.23. The molecule has 0 bridgehead atoms. The SMILES string of the molecule is CPC1CCC2(C)C(=CC=C3C4CCC(C)C4CCC32)C1. The molecule has 0 saturated heterocycles. The maximum Gasteiger partial charge on any atom is -0.00472 e. The molecule has 0 aromatic heterocycles. The first-order chi connectivity index (χ1) is 10.1. The van der Waals surface area contributed by atoms with E-state index in [1.54, 1.807) is 0 Å². The van der Waals surface area contributed by atoms with E-state index in [9.17, 15) is 0 Å². The maximum absolute atomic E-state index is 2.62. The van der Waals surface area contributed by atoms with Crippen LogP contribution in [0.1, 0.15) is 58.8 Å². The Hall–Kier alpha value is -0.0900. The van der Waals surface area contributed by atoms with E-state index in [2.05, 4.69) is 32.7 Å². The van der Waals surface area contributed by atoms with E-state index < -0.39 is 0 Å². The molecule has 0 aromatic rings. The van der Waals surface area contributed by atoms with Gasteiger partial charge in [0.15, 0.2) is 0 Å². The lowest BCUT2D eigenvalue weighted by molar-refractivity contribution is 0.136. The van der Waals surface area contributed by atoms with Crippen LogP contribution in [0.25, 0.3) is 0 Å². The van der Waals surface area contributed by atoms with Gasteiger partial charge in [0, 0.05) is 0 Å². The van der Waals surface area contributed by atoms with E-state index in [0.29, 0.717) is 5.41 Å². The largest absolute Gasteiger partial charge is 0.122 e. The highest BCUT2D eigenvalue weighted by Crippen LogP contribution is 2.61. The van der Waals surface area contributed by atoms with Gasteiger partial charge in [-0.1, -0.05) is 37.1 Å². The van der Waals surface area contributed by atoms with Crippen LogP contribution in [0, 0.1) is 29.1 Å². The van der Waals surface area contributed by atoms with Crippen LogP contribution in [0.5, 0.6) is 0 Å². The molecule has 0 N–H and O–H groups in total. The molecular weight excluding hydrogens is 271 g/mol. The third kappa shape index (κ3) is 2.12. The number of allylic oxidation sites excluding steroid dienone is 4. The highest BCUT2D eigenvalue weighted by Gasteiger charge is 2.50. The number of fused-ring (bicyclic) bond motifs is 5. The van der Waals surface area contributed by atoms with Crippen molar-refractivity contribution in [1.82, 2.24) is 0 Å². The summed E-state index contributed by atoms with van der Waals surface area (Å²) in [5.74, 6) is 3.83. The first-order valence-electron chi connectivity index (χ1n) is 9.22. The lowest BCUT2D eigenvalue weighted by Crippen LogP contribution is -2.42. The molecule has 0 aromatic carbocycles. The van der Waals surface area contributed by atoms with Crippen LogP contribution >= 0.6 is 8.58 Å². The van der Waals surface area contributed by atoms with Crippen LogP contribution in [0.3, 0.4) is 0 Å². The van der Waals surface area contributed by atoms with Crippen molar-refractivity contribution in [3.8, 4) is 0 Å². The van der Waals surface area contributed by atoms with E-state index in [-0.39, 0.29) is 0 Å². The van der Waals surface area contributed by atoms with Crippen LogP contribution in [0.4, 0.5) is 0 Å². The normalized spacial score (nSPS) is 49.4. The Balaban J connectivity index is 1.67. The molecule has 21 heavy (non-hydrogen) atoms. The average molecular weight is 302 g/mol. The molecule has 1 heteroatoms. The van der Waals surface area contributed by atoms with Gasteiger partial charge in [-0.05, 0) is 86.4 Å². The average Bonchev–Trinajstić information content (AvgIpc) is 2.88. The second-order valence-electron chi connectivity index (χ2n) is 8.46. The molecule has 4 aliphatic rings. The Labute approximate surface area is 132 Å². The van der Waals surface area contributed by atoms with Crippen molar-refractivity contribution in [1.29, 1.82) is 0 Å². The van der Waals surface area contributed by atoms with Crippen molar-refractivity contribution in [2.45, 2.75) is 64.5 Å². The summed E-state index contributed by atoms with van der Waals surface area (Å²) in [4.78, 5) is 0. The molecule has 3 fully saturated rings. The van der Waals surface area contributed by atoms with Crippen molar-refractivity contribution in [2.75, 3.05) is 6.66 Å². The van der Waals surface area contributed by atoms with Crippen molar-refractivity contribution in [3.63, 3.8) is 0 Å². The number of hydrogen-bond donors (Lipinski definition) is 0. The summed E-state index contributed by atoms with van der Waals surface area (Å²) in [5, 5.41) is 0. The van der Waals surface area contributed by atoms with Gasteiger partial charge >= 0.3 is 0 Å². The summed E-state index contributed by atoms with van der Waals surface area (Å²) >= 11 is 0. The lowest BCUT2D eigenvalue weighted by atomic mass is 9.54. The highest BCUT2D eigenvalue weighted by molar-refractivity contribution is 7.37. The number of rotatable bonds is 1. The van der Waals surface area contributed by atoms with E-state index in [1.807, 2.05) is 11.1 Å². The molecule has 4 rings (SSSR count). The van der Waals surface area contributed by atoms with E-state index in [4.69, 9.17) is 0 Å². The lowest BCUT2D eigenvalue weighted by Gasteiger charge is -2.52. The molecule has 7 atom stereocenters. The Morgan fingerprint density at radius 1 is 1.10 bits per heavy atom. The Morgan fingerprint density at radius 2 is 1.95 bits per heavy atom. The molecule has 116 valence electrons. The molecule has 0 amide bonds. The molecule has 0 heterocycles. The Kier molecular flexibility index (Phi) is 3.61. The first-order valence-corrected chi connectivity index (χ1v) is 10.8. The predicted molar refractivity (Wildman–Crippen MR) is 94.3 cm³/mol. The van der Waals surface area contributed by atoms with Crippen LogP contribution in [-0.4, -0.2) is 12.3 Å². The van der Waals surface area contributed by atoms with Gasteiger partial charge in [0.05, 0.1) is 0 Å². The smallest absolute Gasteiger partial charge is 0.00472 e. The zero-order valence-corrected chi connectivity index (χ0v) is 15.0. The first kappa shape index (κ1) is 14.5. The van der Waals surface area contributed by atoms with Crippen molar-refractivity contribution in [3.05, 3.63) is 23.3 Å². The molecule has 0 spiro atoms. The minimum atomic E-state index is 0.525. The quantitative estimate of drug-likeness (QED) is 0.538. The summed E-state index contributed by atoms with van der Waals surface area (Å²) in [6.45, 7) is 7.53. The maximum atomic E-state index is 2.62. The fraction of sp³-hybridized carbons (Fsp3) is 0.800. The summed E-state index contributed by atoms with van der Waals surface area (Å²) in [5.41, 5.74) is 5.20. The van der Waals surface area contributed by atoms with Crippen molar-refractivity contribution < 1.29 is 0 Å². The van der Waals surface area contributed by atoms with Crippen molar-refractivity contribution in [2.24, 2.45) is 29.1 Å². The predicted octanol–water partition coefficient (Wildman–Crippen LogP) is 5.79. The third-order valence-electron chi connectivity index (χ3n) is 7.67. The minimum absolute atomic E-state index is 0.525.